The van der Waals surface area contributed by atoms with E-state index < -0.39 is 17.1 Å². The minimum atomic E-state index is -1.10. The third-order valence-electron chi connectivity index (χ3n) is 3.01. The largest absolute Gasteiger partial charge is 0.478 e. The zero-order valence-electron chi connectivity index (χ0n) is 11.0. The van der Waals surface area contributed by atoms with Crippen LogP contribution in [-0.4, -0.2) is 34.3 Å². The number of carboxylic acid groups (broad SMARTS) is 1. The molecule has 1 aromatic heterocycles. The second-order valence-electron chi connectivity index (χ2n) is 4.47. The lowest BCUT2D eigenvalue weighted by Crippen LogP contribution is -2.38. The summed E-state index contributed by atoms with van der Waals surface area (Å²) in [5.74, 6) is -1.10. The number of ether oxygens (including phenoxy) is 1. The molecule has 2 aromatic rings. The molecule has 1 heterocycles. The van der Waals surface area contributed by atoms with Gasteiger partial charge in [0, 0.05) is 7.11 Å². The Bertz CT molecular complexity index is 774. The number of fused-ring (bicyclic) bond motifs is 1. The van der Waals surface area contributed by atoms with E-state index in [9.17, 15) is 14.4 Å². The number of aromatic carboxylic acids is 1. The van der Waals surface area contributed by atoms with E-state index >= 15 is 0 Å². The Hall–Kier alpha value is -2.41. The molecular formula is C13H14N2O5. The van der Waals surface area contributed by atoms with Crippen LogP contribution >= 0.6 is 0 Å². The van der Waals surface area contributed by atoms with Gasteiger partial charge in [-0.2, -0.15) is 0 Å². The Labute approximate surface area is 113 Å². The smallest absolute Gasteiger partial charge is 0.335 e. The molecule has 0 aliphatic heterocycles. The van der Waals surface area contributed by atoms with E-state index in [1.165, 1.54) is 29.9 Å². The SMILES string of the molecule is COCC(C)n1c(=O)c(=O)[nH]c2cc(C(=O)O)ccc21. The van der Waals surface area contributed by atoms with Gasteiger partial charge in [-0.15, -0.1) is 0 Å². The highest BCUT2D eigenvalue weighted by Gasteiger charge is 2.14. The number of carbonyl (C=O) groups is 1. The number of methoxy groups -OCH3 is 1. The topological polar surface area (TPSA) is 101 Å². The van der Waals surface area contributed by atoms with E-state index in [1.54, 1.807) is 6.92 Å². The molecule has 7 nitrogen and oxygen atoms in total. The van der Waals surface area contributed by atoms with Crippen molar-refractivity contribution in [2.45, 2.75) is 13.0 Å². The van der Waals surface area contributed by atoms with Crippen molar-refractivity contribution in [1.29, 1.82) is 0 Å². The molecule has 0 radical (unpaired) electrons. The van der Waals surface area contributed by atoms with Gasteiger partial charge < -0.3 is 14.8 Å². The number of H-pyrrole nitrogens is 1. The lowest BCUT2D eigenvalue weighted by Gasteiger charge is -2.16. The number of benzene rings is 1. The van der Waals surface area contributed by atoms with Gasteiger partial charge in [-0.25, -0.2) is 4.79 Å². The van der Waals surface area contributed by atoms with Crippen molar-refractivity contribution in [3.8, 4) is 0 Å². The van der Waals surface area contributed by atoms with Gasteiger partial charge >= 0.3 is 17.1 Å². The van der Waals surface area contributed by atoms with Crippen LogP contribution in [0.15, 0.2) is 27.8 Å². The molecule has 0 bridgehead atoms. The Morgan fingerprint density at radius 2 is 2.15 bits per heavy atom. The van der Waals surface area contributed by atoms with Crippen LogP contribution in [0.2, 0.25) is 0 Å². The molecule has 1 aromatic carbocycles. The first kappa shape index (κ1) is 14.0. The van der Waals surface area contributed by atoms with Crippen molar-refractivity contribution in [3.63, 3.8) is 0 Å². The fraction of sp³-hybridized carbons (Fsp3) is 0.308. The highest BCUT2D eigenvalue weighted by Crippen LogP contribution is 2.15. The molecule has 2 rings (SSSR count). The Kier molecular flexibility index (Phi) is 3.71. The highest BCUT2D eigenvalue weighted by atomic mass is 16.5. The van der Waals surface area contributed by atoms with Crippen molar-refractivity contribution in [3.05, 3.63) is 44.5 Å². The second kappa shape index (κ2) is 5.30. The highest BCUT2D eigenvalue weighted by molar-refractivity contribution is 5.92. The zero-order chi connectivity index (χ0) is 14.9. The first-order chi connectivity index (χ1) is 9.45. The normalized spacial score (nSPS) is 12.5. The van der Waals surface area contributed by atoms with E-state index in [1.807, 2.05) is 0 Å². The second-order valence-corrected chi connectivity index (χ2v) is 4.47. The number of rotatable bonds is 4. The molecule has 0 aliphatic carbocycles. The fourth-order valence-corrected chi connectivity index (χ4v) is 2.13. The van der Waals surface area contributed by atoms with Gasteiger partial charge in [0.1, 0.15) is 0 Å². The van der Waals surface area contributed by atoms with Crippen LogP contribution in [-0.2, 0) is 4.74 Å². The minimum Gasteiger partial charge on any atom is -0.478 e. The number of aromatic nitrogens is 2. The maximum atomic E-state index is 12.0. The predicted octanol–water partition coefficient (Wildman–Crippen LogP) is 0.595. The first-order valence-electron chi connectivity index (χ1n) is 5.96. The molecule has 0 amide bonds. The maximum Gasteiger partial charge on any atom is 0.335 e. The summed E-state index contributed by atoms with van der Waals surface area (Å²) in [7, 11) is 1.50. The molecule has 2 N–H and O–H groups in total. The molecule has 0 fully saturated rings. The summed E-state index contributed by atoms with van der Waals surface area (Å²) in [6, 6.07) is 3.88. The number of hydrogen-bond acceptors (Lipinski definition) is 4. The molecule has 1 atom stereocenters. The Balaban J connectivity index is 2.78. The molecule has 1 unspecified atom stereocenters. The van der Waals surface area contributed by atoms with Crippen LogP contribution in [0.3, 0.4) is 0 Å². The molecule has 0 spiro atoms. The third-order valence-corrected chi connectivity index (χ3v) is 3.01. The average molecular weight is 278 g/mol. The fourth-order valence-electron chi connectivity index (χ4n) is 2.13. The number of nitrogens with one attached hydrogen (secondary N) is 1. The molecule has 0 saturated carbocycles. The quantitative estimate of drug-likeness (QED) is 0.797. The van der Waals surface area contributed by atoms with Gasteiger partial charge in [0.25, 0.3) is 0 Å². The third kappa shape index (κ3) is 2.35. The summed E-state index contributed by atoms with van der Waals surface area (Å²) in [5.41, 5.74) is -0.674. The van der Waals surface area contributed by atoms with E-state index in [-0.39, 0.29) is 18.2 Å². The Morgan fingerprint density at radius 3 is 2.75 bits per heavy atom. The number of carboxylic acids is 1. The molecule has 20 heavy (non-hydrogen) atoms. The number of hydrogen-bond donors (Lipinski definition) is 2. The standard InChI is InChI=1S/C13H14N2O5/c1-7(6-20-2)15-10-4-3-8(13(18)19)5-9(10)14-11(16)12(15)17/h3-5,7H,6H2,1-2H3,(H,14,16)(H,18,19). The molecule has 0 saturated heterocycles. The molecular weight excluding hydrogens is 264 g/mol. The number of nitrogens with zero attached hydrogens (tertiary/aromatic N) is 1. The van der Waals surface area contributed by atoms with E-state index in [2.05, 4.69) is 4.98 Å². The van der Waals surface area contributed by atoms with Gasteiger partial charge in [0.05, 0.1) is 29.2 Å². The van der Waals surface area contributed by atoms with Gasteiger partial charge in [-0.3, -0.25) is 14.2 Å². The lowest BCUT2D eigenvalue weighted by atomic mass is 10.2. The minimum absolute atomic E-state index is 0.0396. The van der Waals surface area contributed by atoms with Crippen LogP contribution in [0.4, 0.5) is 0 Å². The lowest BCUT2D eigenvalue weighted by molar-refractivity contribution is 0.0697. The van der Waals surface area contributed by atoms with Crippen LogP contribution < -0.4 is 11.1 Å². The van der Waals surface area contributed by atoms with Crippen LogP contribution in [0.1, 0.15) is 23.3 Å². The number of aromatic amines is 1. The van der Waals surface area contributed by atoms with Crippen LogP contribution in [0.25, 0.3) is 11.0 Å². The molecule has 106 valence electrons. The van der Waals surface area contributed by atoms with E-state index in [0.29, 0.717) is 11.0 Å². The van der Waals surface area contributed by atoms with Crippen molar-refractivity contribution < 1.29 is 14.6 Å². The summed E-state index contributed by atoms with van der Waals surface area (Å²) >= 11 is 0. The van der Waals surface area contributed by atoms with Gasteiger partial charge in [-0.1, -0.05) is 0 Å². The van der Waals surface area contributed by atoms with Crippen molar-refractivity contribution in [2.24, 2.45) is 0 Å². The Morgan fingerprint density at radius 1 is 1.45 bits per heavy atom. The van der Waals surface area contributed by atoms with Gasteiger partial charge in [0.2, 0.25) is 0 Å². The summed E-state index contributed by atoms with van der Waals surface area (Å²) in [6.07, 6.45) is 0. The van der Waals surface area contributed by atoms with Crippen molar-refractivity contribution in [1.82, 2.24) is 9.55 Å². The van der Waals surface area contributed by atoms with Gasteiger partial charge in [-0.05, 0) is 25.1 Å². The monoisotopic (exact) mass is 278 g/mol. The van der Waals surface area contributed by atoms with Crippen LogP contribution in [0.5, 0.6) is 0 Å². The zero-order valence-corrected chi connectivity index (χ0v) is 11.0. The predicted molar refractivity (Wildman–Crippen MR) is 72.4 cm³/mol. The average Bonchev–Trinajstić information content (AvgIpc) is 2.39. The van der Waals surface area contributed by atoms with Crippen LogP contribution in [0, 0.1) is 0 Å². The maximum absolute atomic E-state index is 12.0. The van der Waals surface area contributed by atoms with E-state index in [4.69, 9.17) is 9.84 Å². The first-order valence-corrected chi connectivity index (χ1v) is 5.96. The van der Waals surface area contributed by atoms with E-state index in [0.717, 1.165) is 0 Å². The van der Waals surface area contributed by atoms with Crippen molar-refractivity contribution in [2.75, 3.05) is 13.7 Å². The summed E-state index contributed by atoms with van der Waals surface area (Å²) in [4.78, 5) is 37.0. The summed E-state index contributed by atoms with van der Waals surface area (Å²) in [6.45, 7) is 2.01. The molecule has 0 aliphatic rings. The van der Waals surface area contributed by atoms with Gasteiger partial charge in [0.15, 0.2) is 0 Å². The summed E-state index contributed by atoms with van der Waals surface area (Å²) < 4.78 is 6.31. The molecule has 7 heteroatoms. The van der Waals surface area contributed by atoms with Crippen molar-refractivity contribution >= 4 is 17.0 Å². The summed E-state index contributed by atoms with van der Waals surface area (Å²) in [5, 5.41) is 8.95.